The summed E-state index contributed by atoms with van der Waals surface area (Å²) in [7, 11) is 0. The molecule has 7 aromatic rings. The maximum Gasteiger partial charge on any atom is 0.140 e. The Morgan fingerprint density at radius 1 is 0.561 bits per heavy atom. The van der Waals surface area contributed by atoms with Crippen molar-refractivity contribution < 1.29 is 0 Å². The summed E-state index contributed by atoms with van der Waals surface area (Å²) in [6.07, 6.45) is 1.85. The Labute approximate surface area is 239 Å². The molecule has 0 saturated carbocycles. The largest absolute Gasteiger partial charge is 0.294 e. The van der Waals surface area contributed by atoms with E-state index in [4.69, 9.17) is 4.98 Å². The van der Waals surface area contributed by atoms with Crippen LogP contribution >= 0.6 is 0 Å². The molecule has 0 aliphatic carbocycles. The average Bonchev–Trinajstić information content (AvgIpc) is 3.36. The van der Waals surface area contributed by atoms with Gasteiger partial charge < -0.3 is 0 Å². The van der Waals surface area contributed by atoms with Crippen LogP contribution in [0.15, 0.2) is 134 Å². The fourth-order valence-corrected chi connectivity index (χ4v) is 6.49. The SMILES string of the molecule is CC1(C)c2ccccc2N(c2cccc(-n3c4ccccc4c4ccccc43)n2)c2cc(-c3ccccn3)ccc21. The van der Waals surface area contributed by atoms with E-state index in [-0.39, 0.29) is 5.41 Å². The highest BCUT2D eigenvalue weighted by Gasteiger charge is 2.37. The first-order valence-electron chi connectivity index (χ1n) is 14.0. The second-order valence-electron chi connectivity index (χ2n) is 11.1. The summed E-state index contributed by atoms with van der Waals surface area (Å²) < 4.78 is 2.28. The average molecular weight is 529 g/mol. The molecule has 0 bridgehead atoms. The normalized spacial score (nSPS) is 13.8. The van der Waals surface area contributed by atoms with Crippen molar-refractivity contribution in [2.24, 2.45) is 0 Å². The van der Waals surface area contributed by atoms with Gasteiger partial charge in [-0.15, -0.1) is 0 Å². The summed E-state index contributed by atoms with van der Waals surface area (Å²) in [5, 5.41) is 2.46. The van der Waals surface area contributed by atoms with Gasteiger partial charge in [0, 0.05) is 27.9 Å². The van der Waals surface area contributed by atoms with Crippen molar-refractivity contribution in [1.29, 1.82) is 0 Å². The van der Waals surface area contributed by atoms with Crippen molar-refractivity contribution in [2.45, 2.75) is 19.3 Å². The molecule has 3 aromatic heterocycles. The lowest BCUT2D eigenvalue weighted by Gasteiger charge is -2.41. The van der Waals surface area contributed by atoms with Gasteiger partial charge in [0.1, 0.15) is 11.6 Å². The van der Waals surface area contributed by atoms with Gasteiger partial charge in [0.15, 0.2) is 0 Å². The van der Waals surface area contributed by atoms with E-state index >= 15 is 0 Å². The van der Waals surface area contributed by atoms with Crippen molar-refractivity contribution >= 4 is 39.0 Å². The van der Waals surface area contributed by atoms with Gasteiger partial charge in [-0.2, -0.15) is 0 Å². The molecule has 8 rings (SSSR count). The van der Waals surface area contributed by atoms with Gasteiger partial charge in [-0.25, -0.2) is 4.98 Å². The van der Waals surface area contributed by atoms with Crippen LogP contribution in [0.25, 0.3) is 38.9 Å². The van der Waals surface area contributed by atoms with Crippen LogP contribution in [0.2, 0.25) is 0 Å². The van der Waals surface area contributed by atoms with Crippen molar-refractivity contribution in [3.63, 3.8) is 0 Å². The Morgan fingerprint density at radius 2 is 1.22 bits per heavy atom. The van der Waals surface area contributed by atoms with Crippen LogP contribution in [0.1, 0.15) is 25.0 Å². The molecule has 1 aliphatic heterocycles. The van der Waals surface area contributed by atoms with Gasteiger partial charge in [-0.05, 0) is 59.7 Å². The summed E-state index contributed by atoms with van der Waals surface area (Å²) in [5.74, 6) is 1.77. The van der Waals surface area contributed by atoms with Gasteiger partial charge in [0.05, 0.1) is 28.1 Å². The van der Waals surface area contributed by atoms with Gasteiger partial charge in [-0.3, -0.25) is 14.5 Å². The van der Waals surface area contributed by atoms with Crippen LogP contribution in [0.4, 0.5) is 17.2 Å². The number of rotatable bonds is 3. The highest BCUT2D eigenvalue weighted by Crippen LogP contribution is 2.52. The van der Waals surface area contributed by atoms with Crippen molar-refractivity contribution in [3.8, 4) is 17.1 Å². The van der Waals surface area contributed by atoms with E-state index in [9.17, 15) is 0 Å². The number of para-hydroxylation sites is 3. The minimum Gasteiger partial charge on any atom is -0.294 e. The first kappa shape index (κ1) is 23.6. The van der Waals surface area contributed by atoms with Crippen LogP contribution in [0.5, 0.6) is 0 Å². The zero-order valence-electron chi connectivity index (χ0n) is 23.0. The van der Waals surface area contributed by atoms with E-state index in [0.29, 0.717) is 0 Å². The lowest BCUT2D eigenvalue weighted by atomic mass is 9.73. The molecule has 1 aliphatic rings. The lowest BCUT2D eigenvalue weighted by molar-refractivity contribution is 0.631. The molecule has 0 saturated heterocycles. The predicted molar refractivity (Wildman–Crippen MR) is 169 cm³/mol. The van der Waals surface area contributed by atoms with Crippen LogP contribution in [0, 0.1) is 0 Å². The monoisotopic (exact) mass is 528 g/mol. The summed E-state index contributed by atoms with van der Waals surface area (Å²) in [6.45, 7) is 4.62. The molecule has 4 nitrogen and oxygen atoms in total. The number of hydrogen-bond donors (Lipinski definition) is 0. The van der Waals surface area contributed by atoms with E-state index in [0.717, 1.165) is 45.3 Å². The van der Waals surface area contributed by atoms with Crippen LogP contribution < -0.4 is 4.90 Å². The van der Waals surface area contributed by atoms with Crippen molar-refractivity contribution in [2.75, 3.05) is 4.90 Å². The maximum absolute atomic E-state index is 5.36. The van der Waals surface area contributed by atoms with Crippen molar-refractivity contribution in [1.82, 2.24) is 14.5 Å². The topological polar surface area (TPSA) is 34.0 Å². The van der Waals surface area contributed by atoms with E-state index in [2.05, 4.69) is 144 Å². The summed E-state index contributed by atoms with van der Waals surface area (Å²) in [4.78, 5) is 12.3. The Balaban J connectivity index is 1.38. The smallest absolute Gasteiger partial charge is 0.140 e. The number of aromatic nitrogens is 3. The molecule has 0 fully saturated rings. The summed E-state index contributed by atoms with van der Waals surface area (Å²) in [6, 6.07) is 45.0. The fraction of sp³-hybridized carbons (Fsp3) is 0.0811. The molecule has 0 radical (unpaired) electrons. The zero-order chi connectivity index (χ0) is 27.6. The van der Waals surface area contributed by atoms with E-state index in [1.807, 2.05) is 18.3 Å². The Morgan fingerprint density at radius 3 is 1.98 bits per heavy atom. The third-order valence-corrected chi connectivity index (χ3v) is 8.45. The van der Waals surface area contributed by atoms with Gasteiger partial charge >= 0.3 is 0 Å². The molecule has 0 unspecified atom stereocenters. The molecule has 0 spiro atoms. The van der Waals surface area contributed by atoms with Crippen LogP contribution in [-0.2, 0) is 5.41 Å². The molecule has 196 valence electrons. The molecule has 4 heteroatoms. The third kappa shape index (κ3) is 3.54. The quantitative estimate of drug-likeness (QED) is 0.229. The van der Waals surface area contributed by atoms with E-state index in [1.165, 1.54) is 21.9 Å². The molecular weight excluding hydrogens is 500 g/mol. The maximum atomic E-state index is 5.36. The molecular formula is C37H28N4. The summed E-state index contributed by atoms with van der Waals surface area (Å²) in [5.41, 5.74) is 8.99. The van der Waals surface area contributed by atoms with Gasteiger partial charge in [0.25, 0.3) is 0 Å². The summed E-state index contributed by atoms with van der Waals surface area (Å²) >= 11 is 0. The van der Waals surface area contributed by atoms with Crippen LogP contribution in [-0.4, -0.2) is 14.5 Å². The van der Waals surface area contributed by atoms with Crippen LogP contribution in [0.3, 0.4) is 0 Å². The minimum absolute atomic E-state index is 0.171. The fourth-order valence-electron chi connectivity index (χ4n) is 6.49. The number of anilines is 3. The highest BCUT2D eigenvalue weighted by molar-refractivity contribution is 6.09. The molecule has 0 atom stereocenters. The second kappa shape index (κ2) is 8.90. The number of benzene rings is 4. The van der Waals surface area contributed by atoms with E-state index < -0.39 is 0 Å². The number of hydrogen-bond acceptors (Lipinski definition) is 3. The Kier molecular flexibility index (Phi) is 5.13. The molecule has 4 heterocycles. The van der Waals surface area contributed by atoms with E-state index in [1.54, 1.807) is 0 Å². The van der Waals surface area contributed by atoms with Gasteiger partial charge in [0.2, 0.25) is 0 Å². The highest BCUT2D eigenvalue weighted by atomic mass is 15.2. The standard InChI is InChI=1S/C37H28N4/c1-37(2)28-14-5-8-18-33(28)41(34-24-25(21-22-29(34)37)30-15-9-10-23-38-30)36-20-11-19-35(39-36)40-31-16-6-3-12-26(31)27-13-4-7-17-32(27)40/h3-24H,1-2H3. The minimum atomic E-state index is -0.171. The Bertz CT molecular complexity index is 2040. The molecule has 0 amide bonds. The number of nitrogens with zero attached hydrogens (tertiary/aromatic N) is 4. The first-order valence-corrected chi connectivity index (χ1v) is 14.0. The Hall–Kier alpha value is -5.22. The number of pyridine rings is 2. The molecule has 41 heavy (non-hydrogen) atoms. The predicted octanol–water partition coefficient (Wildman–Crippen LogP) is 9.35. The van der Waals surface area contributed by atoms with Crippen molar-refractivity contribution in [3.05, 3.63) is 145 Å². The molecule has 0 N–H and O–H groups in total. The third-order valence-electron chi connectivity index (χ3n) is 8.45. The molecule has 4 aromatic carbocycles. The number of fused-ring (bicyclic) bond motifs is 5. The second-order valence-corrected chi connectivity index (χ2v) is 11.1. The lowest BCUT2D eigenvalue weighted by Crippen LogP contribution is -2.31. The van der Waals surface area contributed by atoms with Gasteiger partial charge in [-0.1, -0.05) is 92.7 Å². The first-order chi connectivity index (χ1) is 20.1. The zero-order valence-corrected chi connectivity index (χ0v) is 23.0.